The average molecular weight is 351 g/mol. The highest BCUT2D eigenvalue weighted by molar-refractivity contribution is 5.75. The van der Waals surface area contributed by atoms with Gasteiger partial charge in [-0.1, -0.05) is 0 Å². The minimum Gasteiger partial charge on any atom is -0.358 e. The first kappa shape index (κ1) is 18.0. The van der Waals surface area contributed by atoms with Crippen LogP contribution in [0.25, 0.3) is 0 Å². The fourth-order valence-corrected chi connectivity index (χ4v) is 2.25. The number of aromatic nitrogens is 4. The highest BCUT2D eigenvalue weighted by Gasteiger charge is 2.17. The number of nitrogens with zero attached hydrogens (tertiary/aromatic N) is 6. The Morgan fingerprint density at radius 1 is 1.20 bits per heavy atom. The van der Waals surface area contributed by atoms with Gasteiger partial charge in [0.1, 0.15) is 11.9 Å². The van der Waals surface area contributed by atoms with Gasteiger partial charge in [-0.25, -0.2) is 0 Å². The number of nitro groups is 2. The van der Waals surface area contributed by atoms with Gasteiger partial charge >= 0.3 is 11.5 Å². The standard InChI is InChI=1S/C13H17N7O5/c1-9-7-12(20(24)25)16-17(9)6-4-14-13(21)3-5-18-10(2)11(8-15-18)19(22)23/h7-8H,3-6H2,1-2H3,(H,14,21). The lowest BCUT2D eigenvalue weighted by molar-refractivity contribution is -0.389. The third-order valence-corrected chi connectivity index (χ3v) is 3.63. The molecule has 2 aromatic rings. The van der Waals surface area contributed by atoms with Crippen LogP contribution in [0.4, 0.5) is 11.5 Å². The van der Waals surface area contributed by atoms with Gasteiger partial charge in [0, 0.05) is 13.0 Å². The van der Waals surface area contributed by atoms with Gasteiger partial charge in [-0.05, 0) is 18.8 Å². The van der Waals surface area contributed by atoms with Gasteiger partial charge in [0.2, 0.25) is 5.91 Å². The van der Waals surface area contributed by atoms with E-state index in [9.17, 15) is 25.0 Å². The molecule has 0 aromatic carbocycles. The molecule has 2 aromatic heterocycles. The third-order valence-electron chi connectivity index (χ3n) is 3.63. The maximum atomic E-state index is 11.8. The summed E-state index contributed by atoms with van der Waals surface area (Å²) in [4.78, 5) is 32.1. The summed E-state index contributed by atoms with van der Waals surface area (Å²) in [5.41, 5.74) is 0.925. The molecule has 0 saturated carbocycles. The molecule has 0 atom stereocenters. The van der Waals surface area contributed by atoms with Crippen LogP contribution in [0, 0.1) is 34.1 Å². The van der Waals surface area contributed by atoms with Gasteiger partial charge in [0.15, 0.2) is 0 Å². The van der Waals surface area contributed by atoms with E-state index in [-0.39, 0.29) is 36.9 Å². The van der Waals surface area contributed by atoms with Crippen molar-refractivity contribution in [1.82, 2.24) is 24.9 Å². The van der Waals surface area contributed by atoms with Crippen LogP contribution in [0.15, 0.2) is 12.3 Å². The molecule has 134 valence electrons. The van der Waals surface area contributed by atoms with Gasteiger partial charge in [-0.2, -0.15) is 9.78 Å². The van der Waals surface area contributed by atoms with Crippen LogP contribution in [0.2, 0.25) is 0 Å². The predicted octanol–water partition coefficient (Wildman–Crippen LogP) is 0.719. The number of hydrogen-bond acceptors (Lipinski definition) is 7. The first-order valence-electron chi connectivity index (χ1n) is 7.42. The molecule has 12 nitrogen and oxygen atoms in total. The molecule has 0 aliphatic carbocycles. The Kier molecular flexibility index (Phi) is 5.41. The predicted molar refractivity (Wildman–Crippen MR) is 84.9 cm³/mol. The van der Waals surface area contributed by atoms with Crippen molar-refractivity contribution >= 4 is 17.4 Å². The monoisotopic (exact) mass is 351 g/mol. The summed E-state index contributed by atoms with van der Waals surface area (Å²) >= 11 is 0. The molecule has 0 spiro atoms. The van der Waals surface area contributed by atoms with Gasteiger partial charge < -0.3 is 15.4 Å². The second-order valence-corrected chi connectivity index (χ2v) is 5.32. The highest BCUT2D eigenvalue weighted by Crippen LogP contribution is 2.16. The first-order valence-corrected chi connectivity index (χ1v) is 7.42. The topological polar surface area (TPSA) is 151 Å². The summed E-state index contributed by atoms with van der Waals surface area (Å²) in [7, 11) is 0. The van der Waals surface area contributed by atoms with Crippen LogP contribution in [0.1, 0.15) is 17.8 Å². The van der Waals surface area contributed by atoms with Crippen molar-refractivity contribution in [2.45, 2.75) is 33.4 Å². The van der Waals surface area contributed by atoms with Crippen molar-refractivity contribution in [2.24, 2.45) is 0 Å². The molecule has 2 heterocycles. The number of hydrogen-bond donors (Lipinski definition) is 1. The molecule has 0 saturated heterocycles. The molecule has 1 amide bonds. The quantitative estimate of drug-likeness (QED) is 0.543. The summed E-state index contributed by atoms with van der Waals surface area (Å²) in [5.74, 6) is -0.489. The molecular weight excluding hydrogens is 334 g/mol. The lowest BCUT2D eigenvalue weighted by Crippen LogP contribution is -2.28. The number of rotatable bonds is 8. The van der Waals surface area contributed by atoms with Crippen molar-refractivity contribution in [3.8, 4) is 0 Å². The van der Waals surface area contributed by atoms with E-state index in [0.29, 0.717) is 17.9 Å². The number of carbonyl (C=O) groups is 1. The summed E-state index contributed by atoms with van der Waals surface area (Å²) in [5, 5.41) is 31.8. The molecule has 0 aliphatic rings. The number of aryl methyl sites for hydroxylation is 2. The van der Waals surface area contributed by atoms with Crippen LogP contribution in [-0.2, 0) is 17.9 Å². The summed E-state index contributed by atoms with van der Waals surface area (Å²) in [6.45, 7) is 4.04. The molecular formula is C13H17N7O5. The van der Waals surface area contributed by atoms with E-state index in [0.717, 1.165) is 6.20 Å². The maximum absolute atomic E-state index is 11.8. The molecule has 12 heteroatoms. The van der Waals surface area contributed by atoms with Crippen molar-refractivity contribution in [3.05, 3.63) is 43.9 Å². The van der Waals surface area contributed by atoms with Crippen molar-refractivity contribution in [2.75, 3.05) is 6.54 Å². The highest BCUT2D eigenvalue weighted by atomic mass is 16.6. The summed E-state index contributed by atoms with van der Waals surface area (Å²) < 4.78 is 2.85. The van der Waals surface area contributed by atoms with Crippen molar-refractivity contribution in [3.63, 3.8) is 0 Å². The largest absolute Gasteiger partial charge is 0.390 e. The second-order valence-electron chi connectivity index (χ2n) is 5.32. The minimum atomic E-state index is -0.576. The zero-order valence-corrected chi connectivity index (χ0v) is 13.7. The number of amides is 1. The first-order chi connectivity index (χ1) is 11.8. The molecule has 0 fully saturated rings. The molecule has 0 unspecified atom stereocenters. The number of nitrogens with one attached hydrogen (secondary N) is 1. The van der Waals surface area contributed by atoms with Crippen LogP contribution in [0.5, 0.6) is 0 Å². The smallest absolute Gasteiger partial charge is 0.358 e. The van der Waals surface area contributed by atoms with E-state index >= 15 is 0 Å². The van der Waals surface area contributed by atoms with Gasteiger partial charge in [0.25, 0.3) is 0 Å². The summed E-state index contributed by atoms with van der Waals surface area (Å²) in [6.07, 6.45) is 1.26. The Balaban J connectivity index is 1.80. The average Bonchev–Trinajstić information content (AvgIpc) is 3.09. The van der Waals surface area contributed by atoms with Crippen molar-refractivity contribution in [1.29, 1.82) is 0 Å². The zero-order chi connectivity index (χ0) is 18.6. The molecule has 25 heavy (non-hydrogen) atoms. The van der Waals surface area contributed by atoms with Gasteiger partial charge in [0.05, 0.1) is 34.9 Å². The van der Waals surface area contributed by atoms with Crippen molar-refractivity contribution < 1.29 is 14.6 Å². The van der Waals surface area contributed by atoms with Gasteiger partial charge in [-0.15, -0.1) is 0 Å². The molecule has 0 bridgehead atoms. The number of carbonyl (C=O) groups excluding carboxylic acids is 1. The van der Waals surface area contributed by atoms with Gasteiger partial charge in [-0.3, -0.25) is 19.6 Å². The minimum absolute atomic E-state index is 0.0869. The SMILES string of the molecule is Cc1cc([N+](=O)[O-])nn1CCNC(=O)CCn1ncc([N+](=O)[O-])c1C. The van der Waals surface area contributed by atoms with E-state index in [4.69, 9.17) is 0 Å². The Morgan fingerprint density at radius 3 is 2.48 bits per heavy atom. The fourth-order valence-electron chi connectivity index (χ4n) is 2.25. The van der Waals surface area contributed by atoms with E-state index < -0.39 is 9.85 Å². The van der Waals surface area contributed by atoms with E-state index in [1.807, 2.05) is 0 Å². The second kappa shape index (κ2) is 7.51. The lowest BCUT2D eigenvalue weighted by atomic mass is 10.3. The Hall–Kier alpha value is -3.31. The Morgan fingerprint density at radius 2 is 1.92 bits per heavy atom. The normalized spacial score (nSPS) is 10.6. The van der Waals surface area contributed by atoms with E-state index in [1.54, 1.807) is 13.8 Å². The van der Waals surface area contributed by atoms with Crippen LogP contribution in [-0.4, -0.2) is 41.9 Å². The Bertz CT molecular complexity index is 810. The molecule has 0 aliphatic heterocycles. The van der Waals surface area contributed by atoms with Crippen LogP contribution in [0.3, 0.4) is 0 Å². The fraction of sp³-hybridized carbons (Fsp3) is 0.462. The van der Waals surface area contributed by atoms with Crippen LogP contribution >= 0.6 is 0 Å². The van der Waals surface area contributed by atoms with Crippen LogP contribution < -0.4 is 5.32 Å². The lowest BCUT2D eigenvalue weighted by Gasteiger charge is -2.06. The summed E-state index contributed by atoms with van der Waals surface area (Å²) in [6, 6.07) is 1.36. The van der Waals surface area contributed by atoms with E-state index in [2.05, 4.69) is 15.5 Å². The third kappa shape index (κ3) is 4.37. The zero-order valence-electron chi connectivity index (χ0n) is 13.7. The molecule has 0 radical (unpaired) electrons. The molecule has 2 rings (SSSR count). The Labute approximate surface area is 141 Å². The maximum Gasteiger partial charge on any atom is 0.390 e. The molecule has 1 N–H and O–H groups in total. The van der Waals surface area contributed by atoms with E-state index in [1.165, 1.54) is 15.4 Å².